The number of benzene rings is 2. The number of hydrogen-bond acceptors (Lipinski definition) is 4. The number of anilines is 1. The molecule has 138 valence electrons. The van der Waals surface area contributed by atoms with E-state index in [1.165, 1.54) is 0 Å². The van der Waals surface area contributed by atoms with Crippen molar-refractivity contribution in [1.29, 1.82) is 0 Å². The van der Waals surface area contributed by atoms with Crippen LogP contribution in [0.1, 0.15) is 10.4 Å². The number of carbonyl (C=O) groups excluding carboxylic acids is 1. The van der Waals surface area contributed by atoms with E-state index >= 15 is 0 Å². The molecule has 0 fully saturated rings. The summed E-state index contributed by atoms with van der Waals surface area (Å²) < 4.78 is 0. The fraction of sp³-hybridized carbons (Fsp3) is 0. The fourth-order valence-electron chi connectivity index (χ4n) is 3.34. The number of aromatic nitrogens is 3. The molecular weight excluding hydrogens is 360 g/mol. The van der Waals surface area contributed by atoms with Crippen LogP contribution in [0.25, 0.3) is 33.1 Å². The lowest BCUT2D eigenvalue weighted by Gasteiger charge is -2.10. The first-order chi connectivity index (χ1) is 14.3. The molecule has 0 atom stereocenters. The number of rotatable bonds is 3. The third-order valence-corrected chi connectivity index (χ3v) is 4.76. The highest BCUT2D eigenvalue weighted by molar-refractivity contribution is 6.13. The van der Waals surface area contributed by atoms with Gasteiger partial charge in [-0.25, -0.2) is 9.97 Å². The average molecular weight is 376 g/mol. The van der Waals surface area contributed by atoms with Crippen LogP contribution in [0.15, 0.2) is 91.3 Å². The SMILES string of the molecule is O=C(Nc1ccc2ccccc2n1)c1cc(-c2cccnc2)nc2ccccc12. The zero-order valence-corrected chi connectivity index (χ0v) is 15.4. The third kappa shape index (κ3) is 3.30. The first-order valence-corrected chi connectivity index (χ1v) is 9.25. The number of nitrogens with zero attached hydrogens (tertiary/aromatic N) is 3. The maximum absolute atomic E-state index is 13.2. The van der Waals surface area contributed by atoms with Crippen molar-refractivity contribution in [3.8, 4) is 11.3 Å². The van der Waals surface area contributed by atoms with Crippen LogP contribution in [0.4, 0.5) is 5.82 Å². The minimum Gasteiger partial charge on any atom is -0.307 e. The van der Waals surface area contributed by atoms with Crippen LogP contribution in [0, 0.1) is 0 Å². The molecule has 0 aliphatic heterocycles. The molecule has 2 aromatic carbocycles. The highest BCUT2D eigenvalue weighted by Gasteiger charge is 2.15. The number of amides is 1. The number of fused-ring (bicyclic) bond motifs is 2. The highest BCUT2D eigenvalue weighted by atomic mass is 16.1. The third-order valence-electron chi connectivity index (χ3n) is 4.76. The molecular formula is C24H16N4O. The van der Waals surface area contributed by atoms with Crippen molar-refractivity contribution in [1.82, 2.24) is 15.0 Å². The van der Waals surface area contributed by atoms with Crippen molar-refractivity contribution in [2.75, 3.05) is 5.32 Å². The van der Waals surface area contributed by atoms with Gasteiger partial charge in [0.15, 0.2) is 0 Å². The minimum atomic E-state index is -0.225. The molecule has 1 N–H and O–H groups in total. The van der Waals surface area contributed by atoms with Crippen molar-refractivity contribution in [2.45, 2.75) is 0 Å². The van der Waals surface area contributed by atoms with E-state index in [1.807, 2.05) is 72.8 Å². The van der Waals surface area contributed by atoms with Gasteiger partial charge in [0.1, 0.15) is 5.82 Å². The molecule has 3 heterocycles. The Morgan fingerprint density at radius 2 is 1.62 bits per heavy atom. The molecule has 0 radical (unpaired) electrons. The summed E-state index contributed by atoms with van der Waals surface area (Å²) in [6.07, 6.45) is 3.45. The quantitative estimate of drug-likeness (QED) is 0.476. The maximum atomic E-state index is 13.2. The van der Waals surface area contributed by atoms with Gasteiger partial charge in [-0.05, 0) is 42.5 Å². The van der Waals surface area contributed by atoms with Gasteiger partial charge in [0.25, 0.3) is 5.91 Å². The summed E-state index contributed by atoms with van der Waals surface area (Å²) >= 11 is 0. The van der Waals surface area contributed by atoms with Crippen LogP contribution in [-0.2, 0) is 0 Å². The van der Waals surface area contributed by atoms with Crippen LogP contribution in [0.5, 0.6) is 0 Å². The predicted octanol–water partition coefficient (Wildman–Crippen LogP) is 5.10. The average Bonchev–Trinajstić information content (AvgIpc) is 2.79. The van der Waals surface area contributed by atoms with Gasteiger partial charge >= 0.3 is 0 Å². The summed E-state index contributed by atoms with van der Waals surface area (Å²) in [7, 11) is 0. The molecule has 5 heteroatoms. The lowest BCUT2D eigenvalue weighted by molar-refractivity contribution is 0.102. The Labute approximate surface area is 167 Å². The van der Waals surface area contributed by atoms with Crippen molar-refractivity contribution in [2.24, 2.45) is 0 Å². The molecule has 0 saturated carbocycles. The molecule has 5 nitrogen and oxygen atoms in total. The van der Waals surface area contributed by atoms with Crippen LogP contribution in [0.3, 0.4) is 0 Å². The topological polar surface area (TPSA) is 67.8 Å². The number of carbonyl (C=O) groups is 1. The summed E-state index contributed by atoms with van der Waals surface area (Å²) in [5.74, 6) is 0.286. The van der Waals surface area contributed by atoms with Crippen LogP contribution in [-0.4, -0.2) is 20.9 Å². The molecule has 29 heavy (non-hydrogen) atoms. The van der Waals surface area contributed by atoms with Crippen LogP contribution in [0.2, 0.25) is 0 Å². The van der Waals surface area contributed by atoms with Crippen molar-refractivity contribution < 1.29 is 4.79 Å². The summed E-state index contributed by atoms with van der Waals surface area (Å²) in [6.45, 7) is 0. The molecule has 5 aromatic rings. The second kappa shape index (κ2) is 7.13. The van der Waals surface area contributed by atoms with Crippen LogP contribution < -0.4 is 5.32 Å². The smallest absolute Gasteiger partial charge is 0.257 e. The zero-order valence-electron chi connectivity index (χ0n) is 15.4. The molecule has 0 aliphatic carbocycles. The van der Waals surface area contributed by atoms with E-state index in [2.05, 4.69) is 15.3 Å². The Morgan fingerprint density at radius 3 is 2.48 bits per heavy atom. The lowest BCUT2D eigenvalue weighted by Crippen LogP contribution is -2.14. The second-order valence-electron chi connectivity index (χ2n) is 6.66. The predicted molar refractivity (Wildman–Crippen MR) is 115 cm³/mol. The number of hydrogen-bond donors (Lipinski definition) is 1. The second-order valence-corrected chi connectivity index (χ2v) is 6.66. The van der Waals surface area contributed by atoms with E-state index in [4.69, 9.17) is 4.98 Å². The molecule has 0 bridgehead atoms. The van der Waals surface area contributed by atoms with E-state index in [-0.39, 0.29) is 5.91 Å². The Kier molecular flexibility index (Phi) is 4.18. The molecule has 0 aliphatic rings. The van der Waals surface area contributed by atoms with E-state index in [0.717, 1.165) is 27.4 Å². The number of para-hydroxylation sites is 2. The van der Waals surface area contributed by atoms with Gasteiger partial charge < -0.3 is 5.32 Å². The lowest BCUT2D eigenvalue weighted by atomic mass is 10.0. The maximum Gasteiger partial charge on any atom is 0.257 e. The fourth-order valence-corrected chi connectivity index (χ4v) is 3.34. The molecule has 0 saturated heterocycles. The molecule has 3 aromatic heterocycles. The van der Waals surface area contributed by atoms with E-state index in [9.17, 15) is 4.79 Å². The van der Waals surface area contributed by atoms with Gasteiger partial charge in [0.2, 0.25) is 0 Å². The largest absolute Gasteiger partial charge is 0.307 e. The van der Waals surface area contributed by atoms with Crippen molar-refractivity contribution in [3.05, 3.63) is 96.8 Å². The summed E-state index contributed by atoms with van der Waals surface area (Å²) in [6, 6.07) is 24.8. The van der Waals surface area contributed by atoms with Gasteiger partial charge in [-0.1, -0.05) is 36.4 Å². The van der Waals surface area contributed by atoms with E-state index < -0.39 is 0 Å². The molecule has 1 amide bonds. The summed E-state index contributed by atoms with van der Waals surface area (Å²) in [4.78, 5) is 26.6. The Hall–Kier alpha value is -4.12. The normalized spacial score (nSPS) is 10.9. The van der Waals surface area contributed by atoms with Crippen LogP contribution >= 0.6 is 0 Å². The van der Waals surface area contributed by atoms with Gasteiger partial charge in [-0.15, -0.1) is 0 Å². The Balaban J connectivity index is 1.58. The monoisotopic (exact) mass is 376 g/mol. The first-order valence-electron chi connectivity index (χ1n) is 9.25. The van der Waals surface area contributed by atoms with Crippen molar-refractivity contribution in [3.63, 3.8) is 0 Å². The van der Waals surface area contributed by atoms with Crippen molar-refractivity contribution >= 4 is 33.5 Å². The molecule has 0 spiro atoms. The summed E-state index contributed by atoms with van der Waals surface area (Å²) in [5, 5.41) is 4.74. The van der Waals surface area contributed by atoms with Gasteiger partial charge in [-0.2, -0.15) is 0 Å². The highest BCUT2D eigenvalue weighted by Crippen LogP contribution is 2.25. The zero-order chi connectivity index (χ0) is 19.6. The van der Waals surface area contributed by atoms with Gasteiger partial charge in [0.05, 0.1) is 22.3 Å². The first kappa shape index (κ1) is 17.0. The Morgan fingerprint density at radius 1 is 0.793 bits per heavy atom. The van der Waals surface area contributed by atoms with E-state index in [1.54, 1.807) is 18.5 Å². The standard InChI is InChI=1S/C24H16N4O/c29-24(28-23-12-11-16-6-1-3-9-20(16)27-23)19-14-22(17-7-5-13-25-15-17)26-21-10-4-2-8-18(19)21/h1-15H,(H,27,28,29). The Bertz CT molecular complexity index is 1350. The summed E-state index contributed by atoms with van der Waals surface area (Å²) in [5.41, 5.74) is 3.69. The van der Waals surface area contributed by atoms with E-state index in [0.29, 0.717) is 17.1 Å². The van der Waals surface area contributed by atoms with Gasteiger partial charge in [0, 0.05) is 28.7 Å². The minimum absolute atomic E-state index is 0.225. The number of pyridine rings is 3. The molecule has 5 rings (SSSR count). The molecule has 0 unspecified atom stereocenters. The number of nitrogens with one attached hydrogen (secondary N) is 1. The van der Waals surface area contributed by atoms with Gasteiger partial charge in [-0.3, -0.25) is 9.78 Å².